The Morgan fingerprint density at radius 2 is 2.11 bits per heavy atom. The topological polar surface area (TPSA) is 104 Å². The van der Waals surface area contributed by atoms with E-state index in [9.17, 15) is 10.1 Å². The Hall–Kier alpha value is -2.79. The van der Waals surface area contributed by atoms with Gasteiger partial charge in [0.05, 0.1) is 17.2 Å². The highest BCUT2D eigenvalue weighted by molar-refractivity contribution is 7.95. The highest BCUT2D eigenvalue weighted by Crippen LogP contribution is 2.44. The molecule has 0 spiro atoms. The summed E-state index contributed by atoms with van der Waals surface area (Å²) in [6.07, 6.45) is 0. The van der Waals surface area contributed by atoms with E-state index in [-0.39, 0.29) is 5.78 Å². The largest absolute Gasteiger partial charge is 0.492 e. The van der Waals surface area contributed by atoms with Crippen LogP contribution in [0.4, 0.5) is 0 Å². The molecule has 0 atom stereocenters. The quantitative estimate of drug-likeness (QED) is 0.454. The van der Waals surface area contributed by atoms with Gasteiger partial charge in [0.15, 0.2) is 5.78 Å². The Balaban J connectivity index is 1.79. The summed E-state index contributed by atoms with van der Waals surface area (Å²) in [7, 11) is 0. The van der Waals surface area contributed by atoms with Crippen molar-refractivity contribution in [2.45, 2.75) is 19.3 Å². The number of hydrogen-bond donors (Lipinski definition) is 3. The number of ketones is 1. The van der Waals surface area contributed by atoms with Crippen LogP contribution < -0.4 is 14.6 Å². The van der Waals surface area contributed by atoms with Crippen molar-refractivity contribution < 1.29 is 9.53 Å². The molecule has 0 bridgehead atoms. The number of nitriles is 1. The third-order valence-corrected chi connectivity index (χ3v) is 5.62. The summed E-state index contributed by atoms with van der Waals surface area (Å²) in [6, 6.07) is 13.1. The third kappa shape index (κ3) is 2.87. The first kappa shape index (κ1) is 18.6. The first-order valence-electron chi connectivity index (χ1n) is 8.94. The van der Waals surface area contributed by atoms with Gasteiger partial charge in [0, 0.05) is 46.3 Å². The van der Waals surface area contributed by atoms with E-state index in [0.717, 1.165) is 40.0 Å². The molecule has 28 heavy (non-hydrogen) atoms. The van der Waals surface area contributed by atoms with Crippen LogP contribution in [0.15, 0.2) is 36.4 Å². The normalized spacial score (nSPS) is 14.4. The van der Waals surface area contributed by atoms with Crippen molar-refractivity contribution >= 4 is 28.8 Å². The summed E-state index contributed by atoms with van der Waals surface area (Å²) in [5, 5.41) is 15.4. The molecule has 0 radical (unpaired) electrons. The molecule has 142 valence electrons. The van der Waals surface area contributed by atoms with E-state index in [1.165, 1.54) is 0 Å². The fraction of sp³-hybridized carbons (Fsp3) is 0.238. The minimum atomic E-state index is -0.408. The molecule has 2 aromatic carbocycles. The standard InChI is InChI=1S/C21H20N4O2S/c1-21(2)16-10-13(27-8-7-24-28-23)4-6-14(16)19(26)18-15-5-3-12(11-22)9-17(15)25-20(18)21/h3-6,9-10,24-25H,7-8,23H2,1-2H3. The summed E-state index contributed by atoms with van der Waals surface area (Å²) in [5.41, 5.74) is 4.13. The average Bonchev–Trinajstić information content (AvgIpc) is 3.09. The maximum Gasteiger partial charge on any atom is 0.195 e. The number of aromatic nitrogens is 1. The lowest BCUT2D eigenvalue weighted by atomic mass is 9.71. The van der Waals surface area contributed by atoms with Crippen molar-refractivity contribution in [3.63, 3.8) is 0 Å². The minimum absolute atomic E-state index is 0.00645. The number of ether oxygens (including phenoxy) is 1. The van der Waals surface area contributed by atoms with Crippen LogP contribution in [0.3, 0.4) is 0 Å². The Morgan fingerprint density at radius 1 is 1.29 bits per heavy atom. The first-order valence-corrected chi connectivity index (χ1v) is 9.82. The number of nitrogens with zero attached hydrogens (tertiary/aromatic N) is 1. The van der Waals surface area contributed by atoms with Crippen molar-refractivity contribution in [3.8, 4) is 11.8 Å². The molecule has 7 heteroatoms. The van der Waals surface area contributed by atoms with Gasteiger partial charge in [-0.1, -0.05) is 19.9 Å². The van der Waals surface area contributed by atoms with Crippen LogP contribution >= 0.6 is 12.1 Å². The lowest BCUT2D eigenvalue weighted by Gasteiger charge is -2.32. The third-order valence-electron chi connectivity index (χ3n) is 5.24. The van der Waals surface area contributed by atoms with Crippen LogP contribution in [0.5, 0.6) is 5.75 Å². The number of hydrogen-bond acceptors (Lipinski definition) is 6. The van der Waals surface area contributed by atoms with Gasteiger partial charge in [-0.15, -0.1) is 0 Å². The van der Waals surface area contributed by atoms with E-state index in [2.05, 4.69) is 29.6 Å². The van der Waals surface area contributed by atoms with Crippen molar-refractivity contribution in [2.75, 3.05) is 13.2 Å². The Labute approximate surface area is 167 Å². The summed E-state index contributed by atoms with van der Waals surface area (Å²) in [6.45, 7) is 5.28. The molecule has 0 amide bonds. The van der Waals surface area contributed by atoms with Gasteiger partial charge >= 0.3 is 0 Å². The highest BCUT2D eigenvalue weighted by Gasteiger charge is 2.39. The number of carbonyl (C=O) groups is 1. The number of H-pyrrole nitrogens is 1. The second-order valence-electron chi connectivity index (χ2n) is 7.27. The zero-order valence-corrected chi connectivity index (χ0v) is 16.4. The molecule has 1 aromatic heterocycles. The van der Waals surface area contributed by atoms with Crippen LogP contribution in [0.1, 0.15) is 46.6 Å². The first-order chi connectivity index (χ1) is 13.5. The van der Waals surface area contributed by atoms with Gasteiger partial charge < -0.3 is 9.72 Å². The minimum Gasteiger partial charge on any atom is -0.492 e. The van der Waals surface area contributed by atoms with Gasteiger partial charge in [0.2, 0.25) is 0 Å². The fourth-order valence-corrected chi connectivity index (χ4v) is 4.04. The zero-order valence-electron chi connectivity index (χ0n) is 15.6. The molecule has 1 heterocycles. The van der Waals surface area contributed by atoms with Crippen LogP contribution in [0, 0.1) is 11.3 Å². The van der Waals surface area contributed by atoms with E-state index in [0.29, 0.717) is 29.8 Å². The average molecular weight is 392 g/mol. The summed E-state index contributed by atoms with van der Waals surface area (Å²) >= 11 is 1.06. The summed E-state index contributed by atoms with van der Waals surface area (Å²) in [4.78, 5) is 16.7. The maximum atomic E-state index is 13.3. The Kier molecular flexibility index (Phi) is 4.63. The van der Waals surface area contributed by atoms with Gasteiger partial charge in [-0.2, -0.15) is 5.26 Å². The zero-order chi connectivity index (χ0) is 19.9. The van der Waals surface area contributed by atoms with E-state index in [1.807, 2.05) is 24.3 Å². The highest BCUT2D eigenvalue weighted by atomic mass is 32.2. The van der Waals surface area contributed by atoms with Gasteiger partial charge in [-0.3, -0.25) is 9.93 Å². The number of nitrogens with two attached hydrogens (primary N) is 1. The Bertz CT molecular complexity index is 1130. The number of aromatic amines is 1. The van der Waals surface area contributed by atoms with E-state index < -0.39 is 5.41 Å². The molecule has 0 unspecified atom stereocenters. The molecule has 1 aliphatic carbocycles. The van der Waals surface area contributed by atoms with Gasteiger partial charge in [-0.25, -0.2) is 4.72 Å². The number of rotatable bonds is 5. The van der Waals surface area contributed by atoms with Gasteiger partial charge in [-0.05, 0) is 35.9 Å². The SMILES string of the molecule is CC1(C)c2cc(OCCNSN)ccc2C(=O)c2c1[nH]c1cc(C#N)ccc21. The maximum absolute atomic E-state index is 13.3. The predicted octanol–water partition coefficient (Wildman–Crippen LogP) is 3.40. The second kappa shape index (κ2) is 6.99. The molecule has 0 saturated heterocycles. The van der Waals surface area contributed by atoms with Gasteiger partial charge in [0.25, 0.3) is 0 Å². The fourth-order valence-electron chi connectivity index (χ4n) is 3.84. The van der Waals surface area contributed by atoms with Crippen molar-refractivity contribution in [1.82, 2.24) is 9.71 Å². The van der Waals surface area contributed by atoms with Crippen molar-refractivity contribution in [3.05, 3.63) is 64.3 Å². The predicted molar refractivity (Wildman–Crippen MR) is 110 cm³/mol. The lowest BCUT2D eigenvalue weighted by molar-refractivity contribution is 0.103. The summed E-state index contributed by atoms with van der Waals surface area (Å²) in [5.74, 6) is 0.711. The van der Waals surface area contributed by atoms with Gasteiger partial charge in [0.1, 0.15) is 12.4 Å². The number of carbonyl (C=O) groups excluding carboxylic acids is 1. The van der Waals surface area contributed by atoms with Crippen LogP contribution in [0.25, 0.3) is 10.9 Å². The molecule has 0 aliphatic heterocycles. The van der Waals surface area contributed by atoms with Crippen LogP contribution in [-0.2, 0) is 5.41 Å². The lowest BCUT2D eigenvalue weighted by Crippen LogP contribution is -2.30. The molecule has 1 aliphatic rings. The van der Waals surface area contributed by atoms with Crippen LogP contribution in [-0.4, -0.2) is 23.9 Å². The molecule has 3 aromatic rings. The molecule has 0 saturated carbocycles. The van der Waals surface area contributed by atoms with E-state index >= 15 is 0 Å². The number of nitrogens with one attached hydrogen (secondary N) is 2. The molecule has 4 rings (SSSR count). The van der Waals surface area contributed by atoms with Crippen molar-refractivity contribution in [1.29, 1.82) is 5.26 Å². The monoisotopic (exact) mass is 392 g/mol. The van der Waals surface area contributed by atoms with E-state index in [4.69, 9.17) is 9.88 Å². The number of fused-ring (bicyclic) bond motifs is 4. The van der Waals surface area contributed by atoms with Crippen molar-refractivity contribution in [2.24, 2.45) is 5.14 Å². The van der Waals surface area contributed by atoms with Crippen LogP contribution in [0.2, 0.25) is 0 Å². The molecule has 4 N–H and O–H groups in total. The smallest absolute Gasteiger partial charge is 0.195 e. The molecule has 6 nitrogen and oxygen atoms in total. The Morgan fingerprint density at radius 3 is 2.86 bits per heavy atom. The molecular formula is C21H20N4O2S. The molecular weight excluding hydrogens is 372 g/mol. The van der Waals surface area contributed by atoms with E-state index in [1.54, 1.807) is 12.1 Å². The second-order valence-corrected chi connectivity index (χ2v) is 7.79. The number of benzene rings is 2. The summed E-state index contributed by atoms with van der Waals surface area (Å²) < 4.78 is 8.72. The molecule has 0 fully saturated rings.